The third kappa shape index (κ3) is 4.02. The summed E-state index contributed by atoms with van der Waals surface area (Å²) in [4.78, 5) is 0. The minimum atomic E-state index is -1.06. The van der Waals surface area contributed by atoms with Gasteiger partial charge >= 0.3 is 0 Å². The number of hydrogen-bond acceptors (Lipinski definition) is 3. The number of rotatable bonds is 6. The van der Waals surface area contributed by atoms with Gasteiger partial charge in [-0.2, -0.15) is 0 Å². The maximum absolute atomic E-state index is 14.5. The van der Waals surface area contributed by atoms with E-state index in [0.717, 1.165) is 5.56 Å². The predicted molar refractivity (Wildman–Crippen MR) is 90.3 cm³/mol. The molecule has 1 unspecified atom stereocenters. The van der Waals surface area contributed by atoms with E-state index in [2.05, 4.69) is 0 Å². The first-order valence-electron chi connectivity index (χ1n) is 7.37. The Bertz CT molecular complexity index is 678. The molecule has 0 aliphatic carbocycles. The number of halogens is 2. The van der Waals surface area contributed by atoms with E-state index in [4.69, 9.17) is 22.1 Å². The highest BCUT2D eigenvalue weighted by molar-refractivity contribution is 6.30. The highest BCUT2D eigenvalue weighted by atomic mass is 35.5. The van der Waals surface area contributed by atoms with Gasteiger partial charge in [-0.25, -0.2) is 4.39 Å². The molecule has 2 aromatic rings. The third-order valence-electron chi connectivity index (χ3n) is 4.03. The van der Waals surface area contributed by atoms with Crippen LogP contribution in [0.2, 0.25) is 5.02 Å². The smallest absolute Gasteiger partial charge is 0.145 e. The highest BCUT2D eigenvalue weighted by Gasteiger charge is 2.33. The van der Waals surface area contributed by atoms with Crippen molar-refractivity contribution in [2.45, 2.75) is 31.4 Å². The SMILES string of the molecule is COc1ccccc1CC(C)(C[C@H](N)O)c1cccc(Cl)c1F. The largest absolute Gasteiger partial charge is 0.496 e. The van der Waals surface area contributed by atoms with Gasteiger partial charge in [0.1, 0.15) is 17.8 Å². The number of nitrogens with two attached hydrogens (primary N) is 1. The fourth-order valence-corrected chi connectivity index (χ4v) is 3.15. The zero-order chi connectivity index (χ0) is 17.0. The summed E-state index contributed by atoms with van der Waals surface area (Å²) in [5, 5.41) is 9.76. The van der Waals surface area contributed by atoms with Crippen molar-refractivity contribution in [3.8, 4) is 5.75 Å². The standard InChI is InChI=1S/C18H21ClFNO2/c1-18(11-16(21)22,13-7-5-8-14(19)17(13)20)10-12-6-3-4-9-15(12)23-2/h3-9,16,22H,10-11,21H2,1-2H3/t16-,18?/m1/s1. The van der Waals surface area contributed by atoms with Gasteiger partial charge in [0.2, 0.25) is 0 Å². The maximum Gasteiger partial charge on any atom is 0.145 e. The lowest BCUT2D eigenvalue weighted by Crippen LogP contribution is -2.35. The molecule has 3 N–H and O–H groups in total. The zero-order valence-corrected chi connectivity index (χ0v) is 14.0. The molecule has 124 valence electrons. The van der Waals surface area contributed by atoms with Crippen LogP contribution in [0, 0.1) is 5.82 Å². The monoisotopic (exact) mass is 337 g/mol. The molecule has 2 aromatic carbocycles. The van der Waals surface area contributed by atoms with Gasteiger partial charge in [0.15, 0.2) is 0 Å². The van der Waals surface area contributed by atoms with Crippen LogP contribution < -0.4 is 10.5 Å². The molecule has 3 nitrogen and oxygen atoms in total. The molecular formula is C18H21ClFNO2. The van der Waals surface area contributed by atoms with E-state index in [1.54, 1.807) is 19.2 Å². The molecule has 0 saturated carbocycles. The van der Waals surface area contributed by atoms with Crippen molar-refractivity contribution >= 4 is 11.6 Å². The van der Waals surface area contributed by atoms with E-state index >= 15 is 0 Å². The maximum atomic E-state index is 14.5. The van der Waals surface area contributed by atoms with Crippen LogP contribution in [-0.4, -0.2) is 18.4 Å². The molecule has 0 aliphatic heterocycles. The Hall–Kier alpha value is -1.62. The van der Waals surface area contributed by atoms with Gasteiger partial charge in [-0.3, -0.25) is 0 Å². The summed E-state index contributed by atoms with van der Waals surface area (Å²) in [5.74, 6) is 0.236. The second kappa shape index (κ2) is 7.30. The van der Waals surface area contributed by atoms with Crippen LogP contribution >= 0.6 is 11.6 Å². The highest BCUT2D eigenvalue weighted by Crippen LogP contribution is 2.37. The van der Waals surface area contributed by atoms with Gasteiger partial charge in [-0.05, 0) is 36.1 Å². The molecule has 23 heavy (non-hydrogen) atoms. The molecule has 2 atom stereocenters. The number of ether oxygens (including phenoxy) is 1. The number of methoxy groups -OCH3 is 1. The lowest BCUT2D eigenvalue weighted by Gasteiger charge is -2.32. The minimum absolute atomic E-state index is 0.0558. The van der Waals surface area contributed by atoms with Crippen LogP contribution in [0.5, 0.6) is 5.75 Å². The van der Waals surface area contributed by atoms with Crippen molar-refractivity contribution in [3.05, 3.63) is 64.4 Å². The Morgan fingerprint density at radius 3 is 2.61 bits per heavy atom. The number of para-hydroxylation sites is 1. The van der Waals surface area contributed by atoms with E-state index in [-0.39, 0.29) is 11.4 Å². The first-order chi connectivity index (χ1) is 10.9. The topological polar surface area (TPSA) is 55.5 Å². The molecule has 0 amide bonds. The third-order valence-corrected chi connectivity index (χ3v) is 4.33. The fourth-order valence-electron chi connectivity index (χ4n) is 2.98. The predicted octanol–water partition coefficient (Wildman–Crippen LogP) is 3.66. The van der Waals surface area contributed by atoms with E-state index in [1.165, 1.54) is 6.07 Å². The Labute approximate surface area is 140 Å². The molecular weight excluding hydrogens is 317 g/mol. The first kappa shape index (κ1) is 17.7. The van der Waals surface area contributed by atoms with E-state index in [0.29, 0.717) is 17.7 Å². The van der Waals surface area contributed by atoms with Gasteiger partial charge in [-0.1, -0.05) is 48.9 Å². The molecule has 0 spiro atoms. The van der Waals surface area contributed by atoms with Gasteiger partial charge < -0.3 is 15.6 Å². The fraction of sp³-hybridized carbons (Fsp3) is 0.333. The Morgan fingerprint density at radius 1 is 1.26 bits per heavy atom. The normalized spacial score (nSPS) is 15.0. The molecule has 0 aliphatic rings. The summed E-state index contributed by atoms with van der Waals surface area (Å²) in [6.07, 6.45) is -0.404. The van der Waals surface area contributed by atoms with Crippen LogP contribution in [0.3, 0.4) is 0 Å². The van der Waals surface area contributed by atoms with E-state index < -0.39 is 17.5 Å². The van der Waals surface area contributed by atoms with Crippen LogP contribution in [0.15, 0.2) is 42.5 Å². The molecule has 0 aromatic heterocycles. The van der Waals surface area contributed by atoms with Crippen LogP contribution in [0.4, 0.5) is 4.39 Å². The van der Waals surface area contributed by atoms with E-state index in [1.807, 2.05) is 31.2 Å². The number of benzene rings is 2. The Morgan fingerprint density at radius 2 is 1.96 bits per heavy atom. The zero-order valence-electron chi connectivity index (χ0n) is 13.2. The Kier molecular flexibility index (Phi) is 5.63. The average molecular weight is 338 g/mol. The minimum Gasteiger partial charge on any atom is -0.496 e. The summed E-state index contributed by atoms with van der Waals surface area (Å²) in [5.41, 5.74) is 6.22. The van der Waals surface area contributed by atoms with Gasteiger partial charge in [0.05, 0.1) is 12.1 Å². The second-order valence-electron chi connectivity index (χ2n) is 5.92. The van der Waals surface area contributed by atoms with Gasteiger partial charge in [0.25, 0.3) is 0 Å². The lowest BCUT2D eigenvalue weighted by atomic mass is 9.74. The molecule has 0 radical (unpaired) electrons. The average Bonchev–Trinajstić information content (AvgIpc) is 2.49. The number of hydrogen-bond donors (Lipinski definition) is 2. The molecule has 5 heteroatoms. The van der Waals surface area contributed by atoms with Crippen LogP contribution in [-0.2, 0) is 11.8 Å². The summed E-state index contributed by atoms with van der Waals surface area (Å²) in [6, 6.07) is 12.4. The first-order valence-corrected chi connectivity index (χ1v) is 7.75. The molecule has 0 bridgehead atoms. The quantitative estimate of drug-likeness (QED) is 0.791. The van der Waals surface area contributed by atoms with Crippen molar-refractivity contribution in [3.63, 3.8) is 0 Å². The number of aliphatic hydroxyl groups excluding tert-OH is 1. The van der Waals surface area contributed by atoms with Crippen molar-refractivity contribution in [1.82, 2.24) is 0 Å². The van der Waals surface area contributed by atoms with Gasteiger partial charge in [0, 0.05) is 5.41 Å². The van der Waals surface area contributed by atoms with Crippen molar-refractivity contribution in [2.75, 3.05) is 7.11 Å². The van der Waals surface area contributed by atoms with Gasteiger partial charge in [-0.15, -0.1) is 0 Å². The molecule has 2 rings (SSSR count). The summed E-state index contributed by atoms with van der Waals surface area (Å²) < 4.78 is 19.9. The van der Waals surface area contributed by atoms with Crippen molar-refractivity contribution in [1.29, 1.82) is 0 Å². The van der Waals surface area contributed by atoms with Crippen LogP contribution in [0.25, 0.3) is 0 Å². The van der Waals surface area contributed by atoms with Crippen molar-refractivity contribution < 1.29 is 14.2 Å². The van der Waals surface area contributed by atoms with E-state index in [9.17, 15) is 9.50 Å². The summed E-state index contributed by atoms with van der Waals surface area (Å²) in [7, 11) is 1.59. The van der Waals surface area contributed by atoms with Crippen molar-refractivity contribution in [2.24, 2.45) is 5.73 Å². The van der Waals surface area contributed by atoms with Crippen LogP contribution in [0.1, 0.15) is 24.5 Å². The number of aliphatic hydroxyl groups is 1. The molecule has 0 saturated heterocycles. The lowest BCUT2D eigenvalue weighted by molar-refractivity contribution is 0.139. The molecule has 0 fully saturated rings. The second-order valence-corrected chi connectivity index (χ2v) is 6.33. The molecule has 0 heterocycles. The Balaban J connectivity index is 2.49. The summed E-state index contributed by atoms with van der Waals surface area (Å²) in [6.45, 7) is 1.87. The summed E-state index contributed by atoms with van der Waals surface area (Å²) >= 11 is 5.92.